The predicted molar refractivity (Wildman–Crippen MR) is 110 cm³/mol. The smallest absolute Gasteiger partial charge is 0.316 e. The highest BCUT2D eigenvalue weighted by Gasteiger charge is 2.34. The molecule has 0 radical (unpaired) electrons. The van der Waals surface area contributed by atoms with Crippen LogP contribution < -0.4 is 24.4 Å². The molecule has 0 spiro atoms. The van der Waals surface area contributed by atoms with E-state index in [2.05, 4.69) is 5.32 Å². The fraction of sp³-hybridized carbons (Fsp3) is 0.286. The summed E-state index contributed by atoms with van der Waals surface area (Å²) in [5.41, 5.74) is 1.04. The van der Waals surface area contributed by atoms with E-state index < -0.39 is 17.7 Å². The number of carbonyl (C=O) groups excluding carboxylic acids is 3. The van der Waals surface area contributed by atoms with Crippen molar-refractivity contribution < 1.29 is 28.6 Å². The number of benzene rings is 2. The van der Waals surface area contributed by atoms with Gasteiger partial charge in [0, 0.05) is 24.8 Å². The molecule has 9 heteroatoms. The summed E-state index contributed by atoms with van der Waals surface area (Å²) < 4.78 is 15.5. The van der Waals surface area contributed by atoms with Crippen LogP contribution in [0.2, 0.25) is 0 Å². The number of ether oxygens (including phenoxy) is 3. The second kappa shape index (κ2) is 9.17. The Morgan fingerprint density at radius 2 is 1.57 bits per heavy atom. The van der Waals surface area contributed by atoms with Crippen LogP contribution >= 0.6 is 0 Å². The molecule has 158 valence electrons. The number of anilines is 2. The molecule has 3 amide bonds. The van der Waals surface area contributed by atoms with E-state index in [1.165, 1.54) is 24.0 Å². The second-order valence-electron chi connectivity index (χ2n) is 6.50. The van der Waals surface area contributed by atoms with E-state index in [9.17, 15) is 14.4 Å². The molecule has 0 saturated carbocycles. The van der Waals surface area contributed by atoms with E-state index in [-0.39, 0.29) is 19.6 Å². The third kappa shape index (κ3) is 4.45. The quantitative estimate of drug-likeness (QED) is 0.692. The van der Waals surface area contributed by atoms with Gasteiger partial charge in [-0.3, -0.25) is 14.4 Å². The molecule has 0 atom stereocenters. The van der Waals surface area contributed by atoms with Gasteiger partial charge in [-0.2, -0.15) is 0 Å². The summed E-state index contributed by atoms with van der Waals surface area (Å²) in [5, 5.41) is 2.70. The van der Waals surface area contributed by atoms with E-state index in [4.69, 9.17) is 14.2 Å². The SMILES string of the molecule is COc1ccc(N2CCN(CC(=O)Nc3ccc(OC)cc3OC)C(=O)C2=O)cc1. The molecule has 1 saturated heterocycles. The normalized spacial score (nSPS) is 13.8. The summed E-state index contributed by atoms with van der Waals surface area (Å²) in [6.45, 7) is 0.288. The van der Waals surface area contributed by atoms with Crippen LogP contribution in [0.5, 0.6) is 17.2 Å². The number of piperazine rings is 1. The van der Waals surface area contributed by atoms with Crippen LogP contribution in [0, 0.1) is 0 Å². The summed E-state index contributed by atoms with van der Waals surface area (Å²) in [6, 6.07) is 11.8. The number of rotatable bonds is 7. The lowest BCUT2D eigenvalue weighted by Gasteiger charge is -2.33. The number of nitrogens with zero attached hydrogens (tertiary/aromatic N) is 2. The van der Waals surface area contributed by atoms with Crippen molar-refractivity contribution >= 4 is 29.1 Å². The maximum Gasteiger partial charge on any atom is 0.316 e. The number of methoxy groups -OCH3 is 3. The highest BCUT2D eigenvalue weighted by Crippen LogP contribution is 2.29. The summed E-state index contributed by atoms with van der Waals surface area (Å²) in [4.78, 5) is 40.1. The lowest BCUT2D eigenvalue weighted by Crippen LogP contribution is -2.56. The van der Waals surface area contributed by atoms with Gasteiger partial charge in [-0.15, -0.1) is 0 Å². The average molecular weight is 413 g/mol. The molecule has 2 aromatic carbocycles. The van der Waals surface area contributed by atoms with Crippen molar-refractivity contribution in [2.24, 2.45) is 0 Å². The Balaban J connectivity index is 1.63. The maximum absolute atomic E-state index is 12.5. The van der Waals surface area contributed by atoms with Gasteiger partial charge in [0.1, 0.15) is 23.8 Å². The van der Waals surface area contributed by atoms with Crippen molar-refractivity contribution in [3.05, 3.63) is 42.5 Å². The minimum Gasteiger partial charge on any atom is -0.497 e. The van der Waals surface area contributed by atoms with E-state index in [1.807, 2.05) is 0 Å². The van der Waals surface area contributed by atoms with Crippen molar-refractivity contribution in [1.82, 2.24) is 4.90 Å². The van der Waals surface area contributed by atoms with Gasteiger partial charge in [-0.1, -0.05) is 0 Å². The lowest BCUT2D eigenvalue weighted by molar-refractivity contribution is -0.147. The van der Waals surface area contributed by atoms with Gasteiger partial charge in [-0.05, 0) is 36.4 Å². The van der Waals surface area contributed by atoms with Crippen molar-refractivity contribution in [2.75, 3.05) is 51.2 Å². The van der Waals surface area contributed by atoms with Gasteiger partial charge in [-0.25, -0.2) is 0 Å². The van der Waals surface area contributed by atoms with Gasteiger partial charge >= 0.3 is 11.8 Å². The fourth-order valence-corrected chi connectivity index (χ4v) is 3.10. The van der Waals surface area contributed by atoms with Crippen LogP contribution in [0.3, 0.4) is 0 Å². The third-order valence-electron chi connectivity index (χ3n) is 4.71. The monoisotopic (exact) mass is 413 g/mol. The Kier molecular flexibility index (Phi) is 6.41. The van der Waals surface area contributed by atoms with Crippen LogP contribution in [0.4, 0.5) is 11.4 Å². The van der Waals surface area contributed by atoms with E-state index in [0.29, 0.717) is 28.6 Å². The maximum atomic E-state index is 12.5. The van der Waals surface area contributed by atoms with Gasteiger partial charge < -0.3 is 29.3 Å². The topological polar surface area (TPSA) is 97.4 Å². The molecule has 0 aliphatic carbocycles. The zero-order valence-electron chi connectivity index (χ0n) is 17.0. The average Bonchev–Trinajstić information content (AvgIpc) is 2.77. The van der Waals surface area contributed by atoms with Crippen LogP contribution in [-0.4, -0.2) is 63.6 Å². The second-order valence-corrected chi connectivity index (χ2v) is 6.50. The summed E-state index contributed by atoms with van der Waals surface area (Å²) >= 11 is 0. The summed E-state index contributed by atoms with van der Waals surface area (Å²) in [7, 11) is 4.56. The Morgan fingerprint density at radius 3 is 2.20 bits per heavy atom. The third-order valence-corrected chi connectivity index (χ3v) is 4.71. The largest absolute Gasteiger partial charge is 0.497 e. The Labute approximate surface area is 174 Å². The van der Waals surface area contributed by atoms with Gasteiger partial charge in [0.25, 0.3) is 0 Å². The molecule has 1 aliphatic heterocycles. The molecule has 0 bridgehead atoms. The van der Waals surface area contributed by atoms with E-state index >= 15 is 0 Å². The molecule has 0 aromatic heterocycles. The molecule has 2 aromatic rings. The molecule has 1 fully saturated rings. The first-order chi connectivity index (χ1) is 14.5. The van der Waals surface area contributed by atoms with Crippen molar-refractivity contribution in [3.63, 3.8) is 0 Å². The minimum atomic E-state index is -0.728. The van der Waals surface area contributed by atoms with E-state index in [1.54, 1.807) is 49.6 Å². The number of hydrogen-bond acceptors (Lipinski definition) is 6. The number of amides is 3. The first-order valence-electron chi connectivity index (χ1n) is 9.23. The number of nitrogens with one attached hydrogen (secondary N) is 1. The molecule has 0 unspecified atom stereocenters. The first kappa shape index (κ1) is 21.0. The number of carbonyl (C=O) groups is 3. The minimum absolute atomic E-state index is 0.240. The van der Waals surface area contributed by atoms with Crippen molar-refractivity contribution in [1.29, 1.82) is 0 Å². The van der Waals surface area contributed by atoms with Crippen LogP contribution in [-0.2, 0) is 14.4 Å². The molecule has 9 nitrogen and oxygen atoms in total. The summed E-state index contributed by atoms with van der Waals surface area (Å²) in [5.74, 6) is -0.177. The molecular formula is C21H23N3O6. The number of hydrogen-bond donors (Lipinski definition) is 1. The van der Waals surface area contributed by atoms with Crippen molar-refractivity contribution in [3.8, 4) is 17.2 Å². The van der Waals surface area contributed by atoms with Crippen LogP contribution in [0.15, 0.2) is 42.5 Å². The Bertz CT molecular complexity index is 944. The molecule has 1 aliphatic rings. The Hall–Kier alpha value is -3.75. The van der Waals surface area contributed by atoms with Crippen LogP contribution in [0.25, 0.3) is 0 Å². The standard InChI is InChI=1S/C21H23N3O6/c1-28-15-6-4-14(5-7-15)24-11-10-23(20(26)21(24)27)13-19(25)22-17-9-8-16(29-2)12-18(17)30-3/h4-9,12H,10-11,13H2,1-3H3,(H,22,25). The molecular weight excluding hydrogens is 390 g/mol. The first-order valence-corrected chi connectivity index (χ1v) is 9.23. The molecule has 1 heterocycles. The zero-order chi connectivity index (χ0) is 21.7. The molecule has 1 N–H and O–H groups in total. The van der Waals surface area contributed by atoms with Crippen molar-refractivity contribution in [2.45, 2.75) is 0 Å². The lowest BCUT2D eigenvalue weighted by atomic mass is 10.2. The Morgan fingerprint density at radius 1 is 0.900 bits per heavy atom. The zero-order valence-corrected chi connectivity index (χ0v) is 17.0. The van der Waals surface area contributed by atoms with E-state index in [0.717, 1.165) is 0 Å². The highest BCUT2D eigenvalue weighted by molar-refractivity contribution is 6.41. The predicted octanol–water partition coefficient (Wildman–Crippen LogP) is 1.53. The summed E-state index contributed by atoms with van der Waals surface area (Å²) in [6.07, 6.45) is 0. The molecule has 3 rings (SSSR count). The van der Waals surface area contributed by atoms with Gasteiger partial charge in [0.2, 0.25) is 5.91 Å². The van der Waals surface area contributed by atoms with Crippen LogP contribution in [0.1, 0.15) is 0 Å². The highest BCUT2D eigenvalue weighted by atomic mass is 16.5. The van der Waals surface area contributed by atoms with Gasteiger partial charge in [0.15, 0.2) is 0 Å². The fourth-order valence-electron chi connectivity index (χ4n) is 3.10. The van der Waals surface area contributed by atoms with Gasteiger partial charge in [0.05, 0.1) is 27.0 Å². The molecule has 30 heavy (non-hydrogen) atoms.